The van der Waals surface area contributed by atoms with Crippen LogP contribution >= 0.6 is 11.6 Å². The quantitative estimate of drug-likeness (QED) is 0.309. The lowest BCUT2D eigenvalue weighted by molar-refractivity contribution is -0.151. The number of methoxy groups -OCH3 is 1. The summed E-state index contributed by atoms with van der Waals surface area (Å²) >= 11 is 6.02. The van der Waals surface area contributed by atoms with Gasteiger partial charge in [0.25, 0.3) is 0 Å². The summed E-state index contributed by atoms with van der Waals surface area (Å²) in [4.78, 5) is 43.5. The van der Waals surface area contributed by atoms with Gasteiger partial charge in [-0.2, -0.15) is 0 Å². The first-order chi connectivity index (χ1) is 19.0. The molecule has 1 N–H and O–H groups in total. The number of esters is 1. The molecule has 2 amide bonds. The van der Waals surface area contributed by atoms with E-state index in [1.54, 1.807) is 4.90 Å². The van der Waals surface area contributed by atoms with Crippen LogP contribution in [-0.2, 0) is 25.5 Å². The highest BCUT2D eigenvalue weighted by Gasteiger charge is 2.46. The third-order valence-electron chi connectivity index (χ3n) is 7.26. The lowest BCUT2D eigenvalue weighted by Crippen LogP contribution is -2.51. The summed E-state index contributed by atoms with van der Waals surface area (Å²) in [6.45, 7) is -0.176. The zero-order chi connectivity index (χ0) is 27.8. The zero-order valence-electron chi connectivity index (χ0n) is 21.9. The number of carbonyl (C=O) groups is 3. The second-order valence-electron chi connectivity index (χ2n) is 9.63. The first kappa shape index (κ1) is 28.3. The number of hydrogen-bond acceptors (Lipinski definition) is 5. The van der Waals surface area contributed by atoms with Crippen LogP contribution in [0.15, 0.2) is 91.0 Å². The number of alkyl halides is 1. The van der Waals surface area contributed by atoms with Crippen LogP contribution in [-0.4, -0.2) is 77.0 Å². The predicted octanol–water partition coefficient (Wildman–Crippen LogP) is 3.63. The molecule has 0 aromatic heterocycles. The second-order valence-corrected chi connectivity index (χ2v) is 9.90. The van der Waals surface area contributed by atoms with E-state index < -0.39 is 30.0 Å². The number of hydrogen-bond donors (Lipinski definition) is 1. The van der Waals surface area contributed by atoms with Crippen molar-refractivity contribution < 1.29 is 24.2 Å². The maximum atomic E-state index is 14.3. The van der Waals surface area contributed by atoms with Gasteiger partial charge in [-0.15, -0.1) is 11.6 Å². The van der Waals surface area contributed by atoms with Crippen molar-refractivity contribution in [1.82, 2.24) is 9.80 Å². The first-order valence-electron chi connectivity index (χ1n) is 13.0. The standard InChI is InChI=1S/C31H33ClN2O5/c1-39-31(38)27-18-25(34(28(36)19-32)26(21-35)17-22-11-5-2-6-12-22)20-33(27)30(37)29(23-13-7-3-8-14-23)24-15-9-4-10-16-24/h2-16,25-27,29,35H,17-21H2,1H3/t25-,26-,27-/m0/s1. The summed E-state index contributed by atoms with van der Waals surface area (Å²) < 4.78 is 5.09. The van der Waals surface area contributed by atoms with Crippen molar-refractivity contribution >= 4 is 29.4 Å². The second kappa shape index (κ2) is 13.4. The van der Waals surface area contributed by atoms with Crippen molar-refractivity contribution in [3.8, 4) is 0 Å². The van der Waals surface area contributed by atoms with Crippen LogP contribution in [0.5, 0.6) is 0 Å². The molecular weight excluding hydrogens is 516 g/mol. The molecule has 0 radical (unpaired) electrons. The summed E-state index contributed by atoms with van der Waals surface area (Å²) in [5.74, 6) is -2.10. The van der Waals surface area contributed by atoms with Crippen LogP contribution in [0.25, 0.3) is 0 Å². The fourth-order valence-corrected chi connectivity index (χ4v) is 5.60. The summed E-state index contributed by atoms with van der Waals surface area (Å²) in [7, 11) is 1.29. The van der Waals surface area contributed by atoms with Gasteiger partial charge in [-0.05, 0) is 23.1 Å². The number of nitrogens with zero attached hydrogens (tertiary/aromatic N) is 2. The monoisotopic (exact) mass is 548 g/mol. The van der Waals surface area contributed by atoms with E-state index in [2.05, 4.69) is 0 Å². The van der Waals surface area contributed by atoms with Gasteiger partial charge in [0.15, 0.2) is 0 Å². The fraction of sp³-hybridized carbons (Fsp3) is 0.323. The molecule has 0 spiro atoms. The molecular formula is C31H33ClN2O5. The number of rotatable bonds is 10. The number of likely N-dealkylation sites (tertiary alicyclic amines) is 1. The van der Waals surface area contributed by atoms with E-state index in [0.29, 0.717) is 6.42 Å². The van der Waals surface area contributed by atoms with Crippen LogP contribution in [0.4, 0.5) is 0 Å². The van der Waals surface area contributed by atoms with E-state index in [9.17, 15) is 19.5 Å². The third-order valence-corrected chi connectivity index (χ3v) is 7.49. The van der Waals surface area contributed by atoms with Crippen molar-refractivity contribution in [3.05, 3.63) is 108 Å². The van der Waals surface area contributed by atoms with Gasteiger partial charge in [-0.25, -0.2) is 4.79 Å². The molecule has 1 aliphatic heterocycles. The molecule has 0 bridgehead atoms. The summed E-state index contributed by atoms with van der Waals surface area (Å²) in [5.41, 5.74) is 2.55. The van der Waals surface area contributed by atoms with Gasteiger partial charge in [-0.1, -0.05) is 91.0 Å². The number of benzene rings is 3. The molecule has 1 saturated heterocycles. The number of ether oxygens (including phenoxy) is 1. The molecule has 3 aromatic rings. The van der Waals surface area contributed by atoms with Gasteiger partial charge >= 0.3 is 5.97 Å². The van der Waals surface area contributed by atoms with Crippen molar-refractivity contribution in [2.45, 2.75) is 36.9 Å². The van der Waals surface area contributed by atoms with Gasteiger partial charge in [0, 0.05) is 13.0 Å². The Hall–Kier alpha value is -3.68. The Labute approximate surface area is 233 Å². The topological polar surface area (TPSA) is 87.2 Å². The van der Waals surface area contributed by atoms with E-state index in [1.165, 1.54) is 12.0 Å². The van der Waals surface area contributed by atoms with Crippen molar-refractivity contribution in [2.75, 3.05) is 26.1 Å². The molecule has 204 valence electrons. The Morgan fingerprint density at radius 1 is 0.949 bits per heavy atom. The smallest absolute Gasteiger partial charge is 0.328 e. The number of aliphatic hydroxyl groups is 1. The Morgan fingerprint density at radius 3 is 1.97 bits per heavy atom. The molecule has 0 saturated carbocycles. The average Bonchev–Trinajstić information content (AvgIpc) is 3.43. The summed E-state index contributed by atoms with van der Waals surface area (Å²) in [6, 6.07) is 26.4. The first-order valence-corrected chi connectivity index (χ1v) is 13.5. The van der Waals surface area contributed by atoms with E-state index >= 15 is 0 Å². The molecule has 0 aliphatic carbocycles. The number of amides is 2. The minimum atomic E-state index is -0.885. The van der Waals surface area contributed by atoms with Crippen LogP contribution < -0.4 is 0 Å². The van der Waals surface area contributed by atoms with E-state index in [0.717, 1.165) is 16.7 Å². The molecule has 1 heterocycles. The minimum Gasteiger partial charge on any atom is -0.467 e. The Balaban J connectivity index is 1.69. The lowest BCUT2D eigenvalue weighted by atomic mass is 9.90. The minimum absolute atomic E-state index is 0.114. The van der Waals surface area contributed by atoms with Crippen molar-refractivity contribution in [2.24, 2.45) is 0 Å². The Morgan fingerprint density at radius 2 is 1.49 bits per heavy atom. The molecule has 4 rings (SSSR count). The zero-order valence-corrected chi connectivity index (χ0v) is 22.6. The van der Waals surface area contributed by atoms with Gasteiger partial charge in [0.05, 0.1) is 31.7 Å². The lowest BCUT2D eigenvalue weighted by Gasteiger charge is -2.35. The van der Waals surface area contributed by atoms with E-state index in [4.69, 9.17) is 16.3 Å². The Kier molecular flexibility index (Phi) is 9.74. The van der Waals surface area contributed by atoms with Crippen molar-refractivity contribution in [1.29, 1.82) is 0 Å². The average molecular weight is 549 g/mol. The number of carbonyl (C=O) groups excluding carboxylic acids is 3. The van der Waals surface area contributed by atoms with Crippen LogP contribution in [0.3, 0.4) is 0 Å². The van der Waals surface area contributed by atoms with Gasteiger partial charge < -0.3 is 19.6 Å². The number of aliphatic hydroxyl groups excluding tert-OH is 1. The molecule has 39 heavy (non-hydrogen) atoms. The third kappa shape index (κ3) is 6.49. The molecule has 7 nitrogen and oxygen atoms in total. The normalized spacial score (nSPS) is 17.6. The Bertz CT molecular complexity index is 1200. The SMILES string of the molecule is COC(=O)[C@@H]1C[C@H](N(C(=O)CCl)[C@H](CO)Cc2ccccc2)CN1C(=O)C(c1ccccc1)c1ccccc1. The van der Waals surface area contributed by atoms with Crippen LogP contribution in [0, 0.1) is 0 Å². The van der Waals surface area contributed by atoms with E-state index in [1.807, 2.05) is 91.0 Å². The van der Waals surface area contributed by atoms with Gasteiger partial charge in [0.1, 0.15) is 11.9 Å². The largest absolute Gasteiger partial charge is 0.467 e. The van der Waals surface area contributed by atoms with E-state index in [-0.39, 0.29) is 37.3 Å². The highest BCUT2D eigenvalue weighted by Crippen LogP contribution is 2.33. The van der Waals surface area contributed by atoms with Gasteiger partial charge in [0.2, 0.25) is 11.8 Å². The fourth-order valence-electron chi connectivity index (χ4n) is 5.46. The maximum Gasteiger partial charge on any atom is 0.328 e. The van der Waals surface area contributed by atoms with Crippen LogP contribution in [0.1, 0.15) is 29.0 Å². The highest BCUT2D eigenvalue weighted by atomic mass is 35.5. The highest BCUT2D eigenvalue weighted by molar-refractivity contribution is 6.27. The summed E-state index contributed by atoms with van der Waals surface area (Å²) in [5, 5.41) is 10.3. The molecule has 8 heteroatoms. The predicted molar refractivity (Wildman–Crippen MR) is 149 cm³/mol. The number of halogens is 1. The molecule has 1 fully saturated rings. The molecule has 3 atom stereocenters. The van der Waals surface area contributed by atoms with Crippen molar-refractivity contribution in [3.63, 3.8) is 0 Å². The van der Waals surface area contributed by atoms with Crippen LogP contribution in [0.2, 0.25) is 0 Å². The maximum absolute atomic E-state index is 14.3. The van der Waals surface area contributed by atoms with Gasteiger partial charge in [-0.3, -0.25) is 9.59 Å². The molecule has 1 aliphatic rings. The molecule has 3 aromatic carbocycles. The molecule has 0 unspecified atom stereocenters. The summed E-state index contributed by atoms with van der Waals surface area (Å²) in [6.07, 6.45) is 0.590.